The van der Waals surface area contributed by atoms with Gasteiger partial charge in [-0.1, -0.05) is 48.5 Å². The molecular formula is C31H32N2O7S. The van der Waals surface area contributed by atoms with Gasteiger partial charge in [0.25, 0.3) is 5.91 Å². The van der Waals surface area contributed by atoms with Crippen molar-refractivity contribution in [2.24, 2.45) is 5.92 Å². The fraction of sp³-hybridized carbons (Fsp3) is 0.290. The fourth-order valence-corrected chi connectivity index (χ4v) is 5.86. The number of benzene rings is 3. The van der Waals surface area contributed by atoms with E-state index in [1.165, 1.54) is 28.4 Å². The molecule has 0 aromatic heterocycles. The van der Waals surface area contributed by atoms with Crippen LogP contribution in [0.2, 0.25) is 0 Å². The second-order valence-corrected chi connectivity index (χ2v) is 9.95. The van der Waals surface area contributed by atoms with E-state index < -0.39 is 35.3 Å². The quantitative estimate of drug-likeness (QED) is 0.314. The van der Waals surface area contributed by atoms with Crippen LogP contribution in [-0.4, -0.2) is 61.8 Å². The molecule has 0 spiro atoms. The van der Waals surface area contributed by atoms with Crippen LogP contribution in [0, 0.1) is 5.92 Å². The summed E-state index contributed by atoms with van der Waals surface area (Å²) >= 11 is 5.87. The lowest BCUT2D eigenvalue weighted by Crippen LogP contribution is -2.58. The molecule has 0 aliphatic carbocycles. The highest BCUT2D eigenvalue weighted by atomic mass is 32.1. The molecule has 1 amide bonds. The smallest absolute Gasteiger partial charge is 0.332 e. The number of ether oxygens (including phenoxy) is 4. The van der Waals surface area contributed by atoms with Crippen molar-refractivity contribution in [2.45, 2.75) is 24.4 Å². The Morgan fingerprint density at radius 3 is 2.15 bits per heavy atom. The van der Waals surface area contributed by atoms with Gasteiger partial charge < -0.3 is 23.8 Å². The highest BCUT2D eigenvalue weighted by molar-refractivity contribution is 7.80. The molecule has 3 aromatic rings. The van der Waals surface area contributed by atoms with Crippen molar-refractivity contribution < 1.29 is 33.3 Å². The van der Waals surface area contributed by atoms with Crippen molar-refractivity contribution in [3.63, 3.8) is 0 Å². The van der Waals surface area contributed by atoms with E-state index in [0.29, 0.717) is 22.6 Å². The summed E-state index contributed by atoms with van der Waals surface area (Å²) in [7, 11) is 5.61. The molecule has 1 aliphatic heterocycles. The first-order valence-corrected chi connectivity index (χ1v) is 13.3. The van der Waals surface area contributed by atoms with E-state index in [0.717, 1.165) is 5.56 Å². The SMILES string of the molecule is COC(=O)[C@H]1C[C@@](Cc2ccccc2)(C(=O)OC)N(C(=S)NC(=O)c2ccccc2)[C@H]1c1ccc(OC)cc1OC. The molecule has 0 radical (unpaired) electrons. The number of likely N-dealkylation sites (tertiary alicyclic amines) is 1. The third-order valence-electron chi connectivity index (χ3n) is 7.32. The first-order chi connectivity index (χ1) is 19.8. The molecular weight excluding hydrogens is 544 g/mol. The number of rotatable bonds is 8. The Hall–Kier alpha value is -4.44. The van der Waals surface area contributed by atoms with Gasteiger partial charge in [-0.2, -0.15) is 0 Å². The van der Waals surface area contributed by atoms with Crippen molar-refractivity contribution in [1.29, 1.82) is 0 Å². The first-order valence-electron chi connectivity index (χ1n) is 12.9. The molecule has 0 bridgehead atoms. The van der Waals surface area contributed by atoms with Crippen molar-refractivity contribution in [3.05, 3.63) is 95.6 Å². The van der Waals surface area contributed by atoms with E-state index in [9.17, 15) is 14.4 Å². The number of methoxy groups -OCH3 is 4. The molecule has 1 heterocycles. The number of nitrogens with one attached hydrogen (secondary N) is 1. The average Bonchev–Trinajstić information content (AvgIpc) is 3.36. The molecule has 3 atom stereocenters. The third-order valence-corrected chi connectivity index (χ3v) is 7.62. The Kier molecular flexibility index (Phi) is 9.24. The summed E-state index contributed by atoms with van der Waals surface area (Å²) in [4.78, 5) is 42.1. The van der Waals surface area contributed by atoms with Crippen LogP contribution in [0.15, 0.2) is 78.9 Å². The second kappa shape index (κ2) is 12.8. The zero-order valence-electron chi connectivity index (χ0n) is 23.3. The molecule has 3 aromatic carbocycles. The number of esters is 2. The summed E-state index contributed by atoms with van der Waals surface area (Å²) in [6, 6.07) is 22.2. The molecule has 0 unspecified atom stereocenters. The van der Waals surface area contributed by atoms with Gasteiger partial charge in [0.2, 0.25) is 0 Å². The van der Waals surface area contributed by atoms with Crippen LogP contribution in [0.25, 0.3) is 0 Å². The van der Waals surface area contributed by atoms with Gasteiger partial charge in [-0.15, -0.1) is 0 Å². The van der Waals surface area contributed by atoms with Crippen LogP contribution in [-0.2, 0) is 25.5 Å². The number of hydrogen-bond acceptors (Lipinski definition) is 8. The van der Waals surface area contributed by atoms with E-state index in [1.807, 2.05) is 30.3 Å². The standard InChI is InChI=1S/C31H32N2O7S/c1-37-22-15-16-23(25(17-22)38-2)26-24(28(35)39-3)19-31(29(36)40-4,18-20-11-7-5-8-12-20)33(26)30(41)32-27(34)21-13-9-6-10-14-21/h5-17,24,26H,18-19H2,1-4H3,(H,32,34,41)/t24-,26-,31-/m0/s1. The molecule has 10 heteroatoms. The van der Waals surface area contributed by atoms with Crippen LogP contribution in [0.4, 0.5) is 0 Å². The van der Waals surface area contributed by atoms with Gasteiger partial charge in [0, 0.05) is 23.6 Å². The number of nitrogens with zero attached hydrogens (tertiary/aromatic N) is 1. The second-order valence-electron chi connectivity index (χ2n) is 9.57. The van der Waals surface area contributed by atoms with E-state index >= 15 is 0 Å². The van der Waals surface area contributed by atoms with Crippen LogP contribution < -0.4 is 14.8 Å². The predicted octanol–water partition coefficient (Wildman–Crippen LogP) is 4.11. The van der Waals surface area contributed by atoms with E-state index in [2.05, 4.69) is 5.32 Å². The maximum absolute atomic E-state index is 13.9. The number of hydrogen-bond donors (Lipinski definition) is 1. The Bertz CT molecular complexity index is 1420. The topological polar surface area (TPSA) is 103 Å². The van der Waals surface area contributed by atoms with Gasteiger partial charge >= 0.3 is 11.9 Å². The van der Waals surface area contributed by atoms with E-state index in [1.54, 1.807) is 53.4 Å². The maximum Gasteiger partial charge on any atom is 0.332 e. The van der Waals surface area contributed by atoms with Gasteiger partial charge in [-0.05, 0) is 48.5 Å². The van der Waals surface area contributed by atoms with Gasteiger partial charge in [-0.25, -0.2) is 4.79 Å². The minimum atomic E-state index is -1.48. The lowest BCUT2D eigenvalue weighted by molar-refractivity contribution is -0.152. The minimum absolute atomic E-state index is 0.00242. The molecule has 0 saturated carbocycles. The fourth-order valence-electron chi connectivity index (χ4n) is 5.48. The lowest BCUT2D eigenvalue weighted by Gasteiger charge is -2.41. The summed E-state index contributed by atoms with van der Waals surface area (Å²) in [5, 5.41) is 2.74. The molecule has 1 saturated heterocycles. The summed E-state index contributed by atoms with van der Waals surface area (Å²) in [5.41, 5.74) is 0.264. The summed E-state index contributed by atoms with van der Waals surface area (Å²) in [6.45, 7) is 0. The van der Waals surface area contributed by atoms with E-state index in [-0.39, 0.29) is 18.0 Å². The van der Waals surface area contributed by atoms with Crippen molar-refractivity contribution in [3.8, 4) is 11.5 Å². The van der Waals surface area contributed by atoms with Crippen molar-refractivity contribution in [2.75, 3.05) is 28.4 Å². The van der Waals surface area contributed by atoms with Crippen LogP contribution in [0.5, 0.6) is 11.5 Å². The highest BCUT2D eigenvalue weighted by Gasteiger charge is 2.61. The molecule has 1 aliphatic rings. The largest absolute Gasteiger partial charge is 0.497 e. The first kappa shape index (κ1) is 29.5. The highest BCUT2D eigenvalue weighted by Crippen LogP contribution is 2.51. The lowest BCUT2D eigenvalue weighted by atomic mass is 9.84. The summed E-state index contributed by atoms with van der Waals surface area (Å²) in [6.07, 6.45) is 0.146. The Morgan fingerprint density at radius 1 is 0.902 bits per heavy atom. The van der Waals surface area contributed by atoms with Gasteiger partial charge in [0.15, 0.2) is 5.11 Å². The number of thiocarbonyl (C=S) groups is 1. The van der Waals surface area contributed by atoms with Crippen LogP contribution in [0.1, 0.15) is 33.9 Å². The van der Waals surface area contributed by atoms with Gasteiger partial charge in [-0.3, -0.25) is 14.9 Å². The summed E-state index contributed by atoms with van der Waals surface area (Å²) < 4.78 is 21.7. The van der Waals surface area contributed by atoms with Gasteiger partial charge in [0.1, 0.15) is 17.0 Å². The maximum atomic E-state index is 13.9. The zero-order valence-corrected chi connectivity index (χ0v) is 24.1. The molecule has 4 rings (SSSR count). The van der Waals surface area contributed by atoms with Crippen molar-refractivity contribution in [1.82, 2.24) is 10.2 Å². The average molecular weight is 577 g/mol. The van der Waals surface area contributed by atoms with Crippen LogP contribution in [0.3, 0.4) is 0 Å². The monoisotopic (exact) mass is 576 g/mol. The minimum Gasteiger partial charge on any atom is -0.497 e. The molecule has 9 nitrogen and oxygen atoms in total. The summed E-state index contributed by atoms with van der Waals surface area (Å²) in [5.74, 6) is -1.55. The predicted molar refractivity (Wildman–Crippen MR) is 156 cm³/mol. The number of carbonyl (C=O) groups excluding carboxylic acids is 3. The third kappa shape index (κ3) is 5.88. The van der Waals surface area contributed by atoms with Gasteiger partial charge in [0.05, 0.1) is 40.4 Å². The number of carbonyl (C=O) groups is 3. The molecule has 1 N–H and O–H groups in total. The Morgan fingerprint density at radius 2 is 1.56 bits per heavy atom. The Balaban J connectivity index is 1.93. The molecule has 214 valence electrons. The normalized spacial score (nSPS) is 19.7. The molecule has 1 fully saturated rings. The zero-order chi connectivity index (χ0) is 29.6. The molecule has 41 heavy (non-hydrogen) atoms. The van der Waals surface area contributed by atoms with Crippen molar-refractivity contribution >= 4 is 35.2 Å². The van der Waals surface area contributed by atoms with Crippen LogP contribution >= 0.6 is 12.2 Å². The van der Waals surface area contributed by atoms with E-state index in [4.69, 9.17) is 31.2 Å². The Labute approximate surface area is 244 Å². The number of amides is 1.